The first-order valence-electron chi connectivity index (χ1n) is 17.9. The molecule has 6 heteroatoms. The van der Waals surface area contributed by atoms with Crippen LogP contribution in [-0.4, -0.2) is 18.9 Å². The molecule has 6 nitrogen and oxygen atoms in total. The first-order chi connectivity index (χ1) is 25.7. The Kier molecular flexibility index (Phi) is 12.0. The Morgan fingerprint density at radius 2 is 0.865 bits per heavy atom. The Bertz CT molecular complexity index is 1900. The van der Waals surface area contributed by atoms with E-state index in [9.17, 15) is 0 Å². The lowest BCUT2D eigenvalue weighted by Crippen LogP contribution is -2.28. The minimum Gasteiger partial charge on any atom is -0.488 e. The molecule has 6 aromatic rings. The van der Waals surface area contributed by atoms with Crippen LogP contribution in [0.1, 0.15) is 40.3 Å². The van der Waals surface area contributed by atoms with Gasteiger partial charge in [-0.05, 0) is 45.4 Å². The van der Waals surface area contributed by atoms with Gasteiger partial charge in [0, 0.05) is 18.1 Å². The van der Waals surface area contributed by atoms with Crippen LogP contribution >= 0.6 is 0 Å². The van der Waals surface area contributed by atoms with Crippen molar-refractivity contribution >= 4 is 0 Å². The summed E-state index contributed by atoms with van der Waals surface area (Å²) in [6.45, 7) is 3.72. The van der Waals surface area contributed by atoms with E-state index in [1.54, 1.807) is 0 Å². The molecule has 1 aliphatic heterocycles. The van der Waals surface area contributed by atoms with E-state index in [4.69, 9.17) is 28.4 Å². The van der Waals surface area contributed by atoms with Gasteiger partial charge in [0.05, 0.1) is 13.2 Å². The summed E-state index contributed by atoms with van der Waals surface area (Å²) in [5, 5.41) is 0. The molecule has 0 aromatic heterocycles. The lowest BCUT2D eigenvalue weighted by atomic mass is 9.90. The zero-order valence-electron chi connectivity index (χ0n) is 29.4. The average molecular weight is 693 g/mol. The standard InChI is InChI=1S/C46H44O6/c1-2-39-40(28-43-51-45(49-32-36-22-12-5-13-23-36)46(52-43)50-33-37-24-14-6-15-25-37)44(38-26-16-7-17-27-38)42(48-31-35-20-10-4-11-21-35)29-41(39)47-30-34-18-8-3-9-19-34/h3-27,29,43,45-46H,2,28,30-33H2,1H3/t45-,46-/m1/s1. The van der Waals surface area contributed by atoms with Crippen molar-refractivity contribution in [1.29, 1.82) is 0 Å². The van der Waals surface area contributed by atoms with Crippen LogP contribution in [-0.2, 0) is 58.2 Å². The van der Waals surface area contributed by atoms with Crippen molar-refractivity contribution in [2.45, 2.75) is 65.1 Å². The van der Waals surface area contributed by atoms with Gasteiger partial charge >= 0.3 is 0 Å². The molecule has 1 saturated heterocycles. The fraction of sp³-hybridized carbons (Fsp3) is 0.217. The van der Waals surface area contributed by atoms with Crippen LogP contribution in [0.25, 0.3) is 11.1 Å². The smallest absolute Gasteiger partial charge is 0.212 e. The highest BCUT2D eigenvalue weighted by Gasteiger charge is 2.39. The van der Waals surface area contributed by atoms with E-state index < -0.39 is 18.9 Å². The molecule has 1 fully saturated rings. The SMILES string of the molecule is CCc1c(OCc2ccccc2)cc(OCc2ccccc2)c(-c2ccccc2)c1CC1O[C@@H](OCc2ccccc2)[C@H](OCc2ccccc2)O1. The van der Waals surface area contributed by atoms with E-state index in [-0.39, 0.29) is 0 Å². The van der Waals surface area contributed by atoms with Gasteiger partial charge < -0.3 is 28.4 Å². The molecule has 0 unspecified atom stereocenters. The minimum absolute atomic E-state index is 0.364. The van der Waals surface area contributed by atoms with Crippen molar-refractivity contribution in [3.63, 3.8) is 0 Å². The zero-order chi connectivity index (χ0) is 35.4. The Balaban J connectivity index is 1.23. The maximum atomic E-state index is 6.68. The highest BCUT2D eigenvalue weighted by Crippen LogP contribution is 2.43. The number of ether oxygens (including phenoxy) is 6. The van der Waals surface area contributed by atoms with Gasteiger partial charge in [0.15, 0.2) is 6.29 Å². The predicted molar refractivity (Wildman–Crippen MR) is 203 cm³/mol. The third-order valence-corrected chi connectivity index (χ3v) is 9.04. The molecule has 0 bridgehead atoms. The lowest BCUT2D eigenvalue weighted by molar-refractivity contribution is -0.200. The third-order valence-electron chi connectivity index (χ3n) is 9.04. The van der Waals surface area contributed by atoms with Crippen LogP contribution in [0.15, 0.2) is 158 Å². The monoisotopic (exact) mass is 692 g/mol. The molecule has 0 aliphatic carbocycles. The first kappa shape index (κ1) is 35.2. The fourth-order valence-electron chi connectivity index (χ4n) is 6.44. The molecule has 0 spiro atoms. The van der Waals surface area contributed by atoms with Crippen LogP contribution in [0.2, 0.25) is 0 Å². The van der Waals surface area contributed by atoms with Gasteiger partial charge in [-0.3, -0.25) is 0 Å². The second-order valence-corrected chi connectivity index (χ2v) is 12.7. The Hall–Kier alpha value is -5.24. The molecule has 2 atom stereocenters. The average Bonchev–Trinajstić information content (AvgIpc) is 3.60. The molecule has 0 saturated carbocycles. The van der Waals surface area contributed by atoms with Crippen LogP contribution in [0.5, 0.6) is 11.5 Å². The number of hydrogen-bond acceptors (Lipinski definition) is 6. The molecular weight excluding hydrogens is 649 g/mol. The van der Waals surface area contributed by atoms with Crippen LogP contribution in [0.3, 0.4) is 0 Å². The van der Waals surface area contributed by atoms with Crippen molar-refractivity contribution in [2.75, 3.05) is 0 Å². The van der Waals surface area contributed by atoms with Crippen molar-refractivity contribution in [3.8, 4) is 22.6 Å². The predicted octanol–water partition coefficient (Wildman–Crippen LogP) is 10.1. The summed E-state index contributed by atoms with van der Waals surface area (Å²) in [7, 11) is 0. The van der Waals surface area contributed by atoms with E-state index in [1.165, 1.54) is 0 Å². The summed E-state index contributed by atoms with van der Waals surface area (Å²) in [5.41, 5.74) is 8.39. The van der Waals surface area contributed by atoms with E-state index in [1.807, 2.05) is 109 Å². The van der Waals surface area contributed by atoms with Gasteiger partial charge in [0.1, 0.15) is 24.7 Å². The first-order valence-corrected chi connectivity index (χ1v) is 17.9. The molecule has 0 radical (unpaired) electrons. The summed E-state index contributed by atoms with van der Waals surface area (Å²) in [4.78, 5) is 0. The quantitative estimate of drug-likeness (QED) is 0.101. The van der Waals surface area contributed by atoms with Crippen molar-refractivity contribution in [2.24, 2.45) is 0 Å². The summed E-state index contributed by atoms with van der Waals surface area (Å²) >= 11 is 0. The maximum absolute atomic E-state index is 6.68. The largest absolute Gasteiger partial charge is 0.488 e. The van der Waals surface area contributed by atoms with Crippen LogP contribution in [0, 0.1) is 0 Å². The topological polar surface area (TPSA) is 55.4 Å². The molecule has 264 valence electrons. The maximum Gasteiger partial charge on any atom is 0.212 e. The molecule has 7 rings (SSSR count). The molecule has 6 aromatic carbocycles. The number of hydrogen-bond donors (Lipinski definition) is 0. The highest BCUT2D eigenvalue weighted by molar-refractivity contribution is 5.77. The van der Waals surface area contributed by atoms with Gasteiger partial charge in [-0.15, -0.1) is 0 Å². The van der Waals surface area contributed by atoms with Gasteiger partial charge in [-0.25, -0.2) is 0 Å². The number of benzene rings is 6. The van der Waals surface area contributed by atoms with Crippen molar-refractivity contribution in [1.82, 2.24) is 0 Å². The molecule has 1 aliphatic rings. The van der Waals surface area contributed by atoms with Crippen molar-refractivity contribution in [3.05, 3.63) is 191 Å². The van der Waals surface area contributed by atoms with Crippen LogP contribution in [0.4, 0.5) is 0 Å². The lowest BCUT2D eigenvalue weighted by Gasteiger charge is -2.24. The second kappa shape index (κ2) is 17.8. The molecule has 0 N–H and O–H groups in total. The van der Waals surface area contributed by atoms with E-state index >= 15 is 0 Å². The van der Waals surface area contributed by atoms with Crippen molar-refractivity contribution < 1.29 is 28.4 Å². The van der Waals surface area contributed by atoms with Gasteiger partial charge in [0.25, 0.3) is 0 Å². The summed E-state index contributed by atoms with van der Waals surface area (Å²) < 4.78 is 39.1. The van der Waals surface area contributed by atoms with E-state index in [2.05, 4.69) is 55.5 Å². The zero-order valence-corrected chi connectivity index (χ0v) is 29.4. The molecule has 52 heavy (non-hydrogen) atoms. The summed E-state index contributed by atoms with van der Waals surface area (Å²) in [5.74, 6) is 1.51. The van der Waals surface area contributed by atoms with E-state index in [0.29, 0.717) is 32.8 Å². The summed E-state index contributed by atoms with van der Waals surface area (Å²) in [6.07, 6.45) is -0.961. The Morgan fingerprint density at radius 3 is 1.31 bits per heavy atom. The Labute approximate surface area is 306 Å². The van der Waals surface area contributed by atoms with Gasteiger partial charge in [-0.1, -0.05) is 159 Å². The minimum atomic E-state index is -0.731. The molecule has 1 heterocycles. The molecular formula is C46H44O6. The van der Waals surface area contributed by atoms with Crippen LogP contribution < -0.4 is 9.47 Å². The van der Waals surface area contributed by atoms with E-state index in [0.717, 1.165) is 62.4 Å². The Morgan fingerprint density at radius 1 is 0.462 bits per heavy atom. The second-order valence-electron chi connectivity index (χ2n) is 12.7. The summed E-state index contributed by atoms with van der Waals surface area (Å²) in [6, 6.07) is 52.9. The number of rotatable bonds is 16. The van der Waals surface area contributed by atoms with Gasteiger partial charge in [-0.2, -0.15) is 0 Å². The third kappa shape index (κ3) is 9.15. The van der Waals surface area contributed by atoms with Gasteiger partial charge in [0.2, 0.25) is 12.6 Å². The molecule has 0 amide bonds. The highest BCUT2D eigenvalue weighted by atomic mass is 16.9. The normalized spacial score (nSPS) is 15.8. The fourth-order valence-corrected chi connectivity index (χ4v) is 6.44.